The molecule has 0 spiro atoms. The maximum Gasteiger partial charge on any atom is 0.0993 e. The van der Waals surface area contributed by atoms with Gasteiger partial charge in [0.15, 0.2) is 0 Å². The van der Waals surface area contributed by atoms with Gasteiger partial charge in [-0.25, -0.2) is 0 Å². The fraction of sp³-hybridized carbons (Fsp3) is 0.667. The van der Waals surface area contributed by atoms with Gasteiger partial charge in [0, 0.05) is 12.8 Å². The molecule has 0 atom stereocenters. The van der Waals surface area contributed by atoms with Crippen molar-refractivity contribution >= 4 is 0 Å². The first-order valence-electron chi connectivity index (χ1n) is 5.26. The molecule has 1 heteroatoms. The fourth-order valence-electron chi connectivity index (χ4n) is 1.17. The Morgan fingerprint density at radius 3 is 1.54 bits per heavy atom. The summed E-state index contributed by atoms with van der Waals surface area (Å²) < 4.78 is 5.75. The van der Waals surface area contributed by atoms with Crippen molar-refractivity contribution in [2.24, 2.45) is 0 Å². The van der Waals surface area contributed by atoms with Crippen molar-refractivity contribution in [2.75, 3.05) is 0 Å². The Hall–Kier alpha value is -0.720. The van der Waals surface area contributed by atoms with Crippen LogP contribution in [0.5, 0.6) is 0 Å². The lowest BCUT2D eigenvalue weighted by molar-refractivity contribution is 0.274. The van der Waals surface area contributed by atoms with Gasteiger partial charge >= 0.3 is 0 Å². The number of hydrogen-bond acceptors (Lipinski definition) is 1. The average molecular weight is 182 g/mol. The van der Waals surface area contributed by atoms with Crippen LogP contribution < -0.4 is 0 Å². The third kappa shape index (κ3) is 5.51. The first-order valence-corrected chi connectivity index (χ1v) is 5.26. The molecule has 1 nitrogen and oxygen atoms in total. The van der Waals surface area contributed by atoms with Crippen LogP contribution in [-0.4, -0.2) is 0 Å². The van der Waals surface area contributed by atoms with E-state index >= 15 is 0 Å². The van der Waals surface area contributed by atoms with E-state index in [2.05, 4.69) is 26.0 Å². The molecule has 0 aromatic carbocycles. The molecule has 0 aliphatic carbocycles. The zero-order chi connectivity index (χ0) is 10.1. The summed E-state index contributed by atoms with van der Waals surface area (Å²) in [6.07, 6.45) is 8.48. The zero-order valence-corrected chi connectivity index (χ0v) is 9.39. The Bertz CT molecular complexity index is 158. The molecule has 0 saturated carbocycles. The van der Waals surface area contributed by atoms with Gasteiger partial charge in [0.05, 0.1) is 11.5 Å². The summed E-state index contributed by atoms with van der Waals surface area (Å²) in [7, 11) is 0. The first kappa shape index (κ1) is 12.3. The maximum absolute atomic E-state index is 5.75. The van der Waals surface area contributed by atoms with E-state index in [9.17, 15) is 0 Å². The molecule has 0 bridgehead atoms. The Kier molecular flexibility index (Phi) is 7.47. The summed E-state index contributed by atoms with van der Waals surface area (Å²) >= 11 is 0. The Balaban J connectivity index is 4.05. The Morgan fingerprint density at radius 1 is 0.923 bits per heavy atom. The summed E-state index contributed by atoms with van der Waals surface area (Å²) in [5.74, 6) is 2.20. The number of ether oxygens (including phenoxy) is 1. The Labute approximate surface area is 82.5 Å². The quantitative estimate of drug-likeness (QED) is 0.553. The lowest BCUT2D eigenvalue weighted by Crippen LogP contribution is -1.93. The summed E-state index contributed by atoms with van der Waals surface area (Å²) in [6.45, 7) is 8.40. The molecule has 0 aliphatic rings. The molecule has 0 saturated heterocycles. The molecular weight excluding hydrogens is 160 g/mol. The van der Waals surface area contributed by atoms with Crippen LogP contribution in [0.15, 0.2) is 23.7 Å². The van der Waals surface area contributed by atoms with Gasteiger partial charge in [-0.1, -0.05) is 13.8 Å². The second kappa shape index (κ2) is 7.90. The second-order valence-corrected chi connectivity index (χ2v) is 3.11. The summed E-state index contributed by atoms with van der Waals surface area (Å²) in [6, 6.07) is 0. The van der Waals surface area contributed by atoms with Crippen LogP contribution in [0.2, 0.25) is 0 Å². The summed E-state index contributed by atoms with van der Waals surface area (Å²) in [5.41, 5.74) is 0. The van der Waals surface area contributed by atoms with Gasteiger partial charge in [0.25, 0.3) is 0 Å². The normalized spacial score (nSPS) is 13.2. The molecule has 13 heavy (non-hydrogen) atoms. The predicted molar refractivity (Wildman–Crippen MR) is 58.4 cm³/mol. The van der Waals surface area contributed by atoms with E-state index in [0.29, 0.717) is 0 Å². The van der Waals surface area contributed by atoms with E-state index in [0.717, 1.165) is 37.2 Å². The molecule has 0 rings (SSSR count). The molecule has 0 heterocycles. The van der Waals surface area contributed by atoms with Crippen molar-refractivity contribution in [2.45, 2.75) is 53.4 Å². The third-order valence-corrected chi connectivity index (χ3v) is 1.90. The lowest BCUT2D eigenvalue weighted by Gasteiger charge is -2.11. The Morgan fingerprint density at radius 2 is 1.31 bits per heavy atom. The molecular formula is C12H22O. The van der Waals surface area contributed by atoms with Gasteiger partial charge in [0.1, 0.15) is 0 Å². The first-order chi connectivity index (χ1) is 6.28. The highest BCUT2D eigenvalue weighted by Crippen LogP contribution is 2.15. The van der Waals surface area contributed by atoms with Crippen LogP contribution in [0.3, 0.4) is 0 Å². The second-order valence-electron chi connectivity index (χ2n) is 3.11. The van der Waals surface area contributed by atoms with Crippen molar-refractivity contribution in [1.29, 1.82) is 0 Å². The van der Waals surface area contributed by atoms with Gasteiger partial charge in [-0.05, 0) is 38.8 Å². The molecule has 0 unspecified atom stereocenters. The highest BCUT2D eigenvalue weighted by Gasteiger charge is 1.99. The van der Waals surface area contributed by atoms with Crippen molar-refractivity contribution in [3.63, 3.8) is 0 Å². The van der Waals surface area contributed by atoms with Gasteiger partial charge < -0.3 is 4.74 Å². The topological polar surface area (TPSA) is 9.23 Å². The van der Waals surface area contributed by atoms with Gasteiger partial charge in [0.2, 0.25) is 0 Å². The highest BCUT2D eigenvalue weighted by molar-refractivity contribution is 5.00. The summed E-state index contributed by atoms with van der Waals surface area (Å²) in [5, 5.41) is 0. The van der Waals surface area contributed by atoms with Gasteiger partial charge in [-0.2, -0.15) is 0 Å². The maximum atomic E-state index is 5.75. The minimum Gasteiger partial charge on any atom is -0.467 e. The standard InChI is InChI=1S/C12H22O/c1-5-9-11(7-3)13-12(8-4)10-6-2/h7-8H,5-6,9-10H2,1-4H3/b11-7-,12-8-. The van der Waals surface area contributed by atoms with E-state index < -0.39 is 0 Å². The molecule has 76 valence electrons. The van der Waals surface area contributed by atoms with E-state index in [1.807, 2.05) is 13.8 Å². The molecule has 0 radical (unpaired) electrons. The number of rotatable bonds is 6. The molecule has 0 aromatic rings. The average Bonchev–Trinajstić information content (AvgIpc) is 2.16. The minimum absolute atomic E-state index is 1.04. The van der Waals surface area contributed by atoms with Crippen LogP contribution in [0.4, 0.5) is 0 Å². The van der Waals surface area contributed by atoms with Crippen LogP contribution in [0, 0.1) is 0 Å². The SMILES string of the molecule is C/C=C(/CCC)O/C(=C\C)CCC. The van der Waals surface area contributed by atoms with Crippen molar-refractivity contribution in [1.82, 2.24) is 0 Å². The molecule has 0 aliphatic heterocycles. The van der Waals surface area contributed by atoms with Crippen molar-refractivity contribution in [3.8, 4) is 0 Å². The van der Waals surface area contributed by atoms with Gasteiger partial charge in [-0.15, -0.1) is 0 Å². The molecule has 0 fully saturated rings. The van der Waals surface area contributed by atoms with Crippen molar-refractivity contribution in [3.05, 3.63) is 23.7 Å². The minimum atomic E-state index is 1.04. The smallest absolute Gasteiger partial charge is 0.0993 e. The molecule has 0 N–H and O–H groups in total. The third-order valence-electron chi connectivity index (χ3n) is 1.90. The van der Waals surface area contributed by atoms with E-state index in [1.165, 1.54) is 0 Å². The van der Waals surface area contributed by atoms with Crippen LogP contribution >= 0.6 is 0 Å². The van der Waals surface area contributed by atoms with Crippen LogP contribution in [0.25, 0.3) is 0 Å². The molecule has 0 amide bonds. The highest BCUT2D eigenvalue weighted by atomic mass is 16.5. The predicted octanol–water partition coefficient (Wildman–Crippen LogP) is 4.41. The van der Waals surface area contributed by atoms with E-state index in [1.54, 1.807) is 0 Å². The number of hydrogen-bond donors (Lipinski definition) is 0. The van der Waals surface area contributed by atoms with Crippen molar-refractivity contribution < 1.29 is 4.74 Å². The van der Waals surface area contributed by atoms with E-state index in [-0.39, 0.29) is 0 Å². The largest absolute Gasteiger partial charge is 0.467 e. The van der Waals surface area contributed by atoms with Crippen LogP contribution in [-0.2, 0) is 4.74 Å². The number of allylic oxidation sites excluding steroid dienone is 4. The molecule has 0 aromatic heterocycles. The van der Waals surface area contributed by atoms with Crippen LogP contribution in [0.1, 0.15) is 53.4 Å². The zero-order valence-electron chi connectivity index (χ0n) is 9.39. The van der Waals surface area contributed by atoms with Gasteiger partial charge in [-0.3, -0.25) is 0 Å². The fourth-order valence-corrected chi connectivity index (χ4v) is 1.17. The lowest BCUT2D eigenvalue weighted by atomic mass is 10.2. The van der Waals surface area contributed by atoms with E-state index in [4.69, 9.17) is 4.74 Å². The monoisotopic (exact) mass is 182 g/mol. The summed E-state index contributed by atoms with van der Waals surface area (Å²) in [4.78, 5) is 0.